The van der Waals surface area contributed by atoms with Gasteiger partial charge in [-0.15, -0.1) is 0 Å². The Bertz CT molecular complexity index is 530. The third kappa shape index (κ3) is 3.65. The Morgan fingerprint density at radius 2 is 2.41 bits per heavy atom. The lowest BCUT2D eigenvalue weighted by Crippen LogP contribution is -2.32. The Balaban J connectivity index is 3.07. The van der Waals surface area contributed by atoms with Gasteiger partial charge in [0, 0.05) is 23.6 Å². The summed E-state index contributed by atoms with van der Waals surface area (Å²) < 4.78 is 13.8. The average molecular weight is 243 g/mol. The molecule has 1 N–H and O–H groups in total. The Kier molecular flexibility index (Phi) is 4.29. The molecule has 1 unspecified atom stereocenters. The highest BCUT2D eigenvalue weighted by atomic mass is 19.1. The minimum Gasteiger partial charge on any atom is -0.408 e. The largest absolute Gasteiger partial charge is 0.408 e. The van der Waals surface area contributed by atoms with Crippen LogP contribution in [0, 0.1) is 0 Å². The summed E-state index contributed by atoms with van der Waals surface area (Å²) >= 11 is 0. The molecule has 0 saturated carbocycles. The van der Waals surface area contributed by atoms with Gasteiger partial charge in [-0.25, -0.2) is 9.18 Å². The van der Waals surface area contributed by atoms with E-state index in [4.69, 9.17) is 5.53 Å². The third-order valence-corrected chi connectivity index (χ3v) is 1.89. The van der Waals surface area contributed by atoms with Crippen molar-refractivity contribution in [2.75, 3.05) is 0 Å². The first-order valence-electron chi connectivity index (χ1n) is 4.70. The molecule has 0 radical (unpaired) electrons. The number of H-pyrrole nitrogens is 1. The van der Waals surface area contributed by atoms with E-state index in [-0.39, 0.29) is 6.42 Å². The van der Waals surface area contributed by atoms with E-state index in [1.807, 2.05) is 4.98 Å². The minimum atomic E-state index is -1.27. The molecule has 2 atom stereocenters. The quantitative estimate of drug-likeness (QED) is 0.360. The van der Waals surface area contributed by atoms with Gasteiger partial charge in [0.2, 0.25) is 0 Å². The van der Waals surface area contributed by atoms with Crippen molar-refractivity contribution >= 4 is 0 Å². The lowest BCUT2D eigenvalue weighted by atomic mass is 10.3. The maximum Gasteiger partial charge on any atom is 0.331 e. The molecule has 0 aliphatic carbocycles. The van der Waals surface area contributed by atoms with E-state index in [9.17, 15) is 14.0 Å². The zero-order valence-corrected chi connectivity index (χ0v) is 8.91. The van der Waals surface area contributed by atoms with Crippen LogP contribution in [0.15, 0.2) is 27.1 Å². The van der Waals surface area contributed by atoms with Gasteiger partial charge in [-0.2, -0.15) is 0 Å². The number of hydrogen-bond donors (Lipinski definition) is 1. The van der Waals surface area contributed by atoms with Gasteiger partial charge in [-0.3, -0.25) is 14.3 Å². The molecule has 0 amide bonds. The van der Waals surface area contributed by atoms with E-state index in [1.54, 1.807) is 0 Å². The molecule has 0 bridgehead atoms. The van der Waals surface area contributed by atoms with Gasteiger partial charge < -0.3 is 4.84 Å². The van der Waals surface area contributed by atoms with Crippen molar-refractivity contribution in [1.82, 2.24) is 9.55 Å². The Labute approximate surface area is 94.2 Å². The second-order valence-corrected chi connectivity index (χ2v) is 3.27. The van der Waals surface area contributed by atoms with Crippen LogP contribution in [0.3, 0.4) is 0 Å². The molecule has 0 spiro atoms. The molecule has 1 aromatic heterocycles. The van der Waals surface area contributed by atoms with Crippen LogP contribution in [0.5, 0.6) is 0 Å². The average Bonchev–Trinajstić information content (AvgIpc) is 2.24. The zero-order valence-electron chi connectivity index (χ0n) is 8.91. The zero-order chi connectivity index (χ0) is 12.8. The number of nitrogens with one attached hydrogen (secondary N) is 1. The molecule has 17 heavy (non-hydrogen) atoms. The predicted molar refractivity (Wildman–Crippen MR) is 55.8 cm³/mol. The fourth-order valence-electron chi connectivity index (χ4n) is 1.21. The Morgan fingerprint density at radius 3 is 2.94 bits per heavy atom. The molecule has 1 heterocycles. The van der Waals surface area contributed by atoms with Crippen molar-refractivity contribution in [3.05, 3.63) is 43.5 Å². The van der Waals surface area contributed by atoms with E-state index in [0.717, 1.165) is 16.8 Å². The third-order valence-electron chi connectivity index (χ3n) is 1.89. The van der Waals surface area contributed by atoms with E-state index in [2.05, 4.69) is 15.0 Å². The van der Waals surface area contributed by atoms with E-state index in [0.29, 0.717) is 0 Å². The van der Waals surface area contributed by atoms with Gasteiger partial charge in [0.25, 0.3) is 5.56 Å². The predicted octanol–water partition coefficient (Wildman–Crippen LogP) is 1.03. The van der Waals surface area contributed by atoms with Crippen LogP contribution in [-0.2, 0) is 4.84 Å². The Morgan fingerprint density at radius 1 is 1.71 bits per heavy atom. The molecule has 92 valence electrons. The molecule has 1 rings (SSSR count). The van der Waals surface area contributed by atoms with Gasteiger partial charge in [-0.1, -0.05) is 0 Å². The van der Waals surface area contributed by atoms with Crippen molar-refractivity contribution in [2.24, 2.45) is 5.28 Å². The lowest BCUT2D eigenvalue weighted by Gasteiger charge is -2.17. The number of azide groups is 1. The molecule has 8 nitrogen and oxygen atoms in total. The fraction of sp³-hybridized carbons (Fsp3) is 0.500. The van der Waals surface area contributed by atoms with E-state index >= 15 is 0 Å². The number of rotatable bonds is 5. The minimum absolute atomic E-state index is 0.190. The van der Waals surface area contributed by atoms with Crippen molar-refractivity contribution in [2.45, 2.75) is 25.7 Å². The molecular weight excluding hydrogens is 233 g/mol. The standard InChI is InChI=1S/C8H10FN5O3/c1-5(9)4-7(17-13-12-10)14-3-2-6(15)11-8(14)16/h2-3,5,7H,4H2,1H3,(H,11,15,16)/t5?,7-/m1/s1. The van der Waals surface area contributed by atoms with E-state index in [1.165, 1.54) is 6.92 Å². The number of aromatic amines is 1. The summed E-state index contributed by atoms with van der Waals surface area (Å²) in [5, 5.41) is 2.83. The summed E-state index contributed by atoms with van der Waals surface area (Å²) in [6.07, 6.45) is -1.42. The van der Waals surface area contributed by atoms with Crippen molar-refractivity contribution in [3.63, 3.8) is 0 Å². The van der Waals surface area contributed by atoms with Crippen molar-refractivity contribution < 1.29 is 9.23 Å². The van der Waals surface area contributed by atoms with Crippen LogP contribution in [0.4, 0.5) is 4.39 Å². The topological polar surface area (TPSA) is 113 Å². The maximum atomic E-state index is 12.9. The van der Waals surface area contributed by atoms with Gasteiger partial charge >= 0.3 is 5.69 Å². The highest BCUT2D eigenvalue weighted by Gasteiger charge is 2.16. The summed E-state index contributed by atoms with van der Waals surface area (Å²) in [6.45, 7) is 1.27. The number of aromatic nitrogens is 2. The van der Waals surface area contributed by atoms with Crippen LogP contribution in [0.2, 0.25) is 0 Å². The van der Waals surface area contributed by atoms with Crippen LogP contribution in [0.1, 0.15) is 19.6 Å². The summed E-state index contributed by atoms with van der Waals surface area (Å²) in [6, 6.07) is 1.08. The van der Waals surface area contributed by atoms with Crippen LogP contribution in [-0.4, -0.2) is 15.7 Å². The number of nitrogens with zero attached hydrogens (tertiary/aromatic N) is 4. The second kappa shape index (κ2) is 5.71. The fourth-order valence-corrected chi connectivity index (χ4v) is 1.21. The lowest BCUT2D eigenvalue weighted by molar-refractivity contribution is -0.0201. The van der Waals surface area contributed by atoms with E-state index < -0.39 is 23.6 Å². The summed E-state index contributed by atoms with van der Waals surface area (Å²) in [5.41, 5.74) is 6.76. The van der Waals surface area contributed by atoms with Crippen LogP contribution in [0.25, 0.3) is 10.4 Å². The molecule has 0 aliphatic heterocycles. The van der Waals surface area contributed by atoms with Crippen LogP contribution < -0.4 is 11.2 Å². The first kappa shape index (κ1) is 12.8. The first-order chi connectivity index (χ1) is 8.04. The van der Waals surface area contributed by atoms with Gasteiger partial charge in [0.1, 0.15) is 11.4 Å². The maximum absolute atomic E-state index is 12.9. The molecule has 9 heteroatoms. The van der Waals surface area contributed by atoms with Gasteiger partial charge in [0.05, 0.1) is 0 Å². The number of halogens is 1. The first-order valence-corrected chi connectivity index (χ1v) is 4.70. The summed E-state index contributed by atoms with van der Waals surface area (Å²) in [4.78, 5) is 31.2. The van der Waals surface area contributed by atoms with Crippen molar-refractivity contribution in [1.29, 1.82) is 0 Å². The van der Waals surface area contributed by atoms with Crippen molar-refractivity contribution in [3.8, 4) is 0 Å². The smallest absolute Gasteiger partial charge is 0.331 e. The molecule has 0 saturated heterocycles. The summed E-state index contributed by atoms with van der Waals surface area (Å²) in [7, 11) is 0. The van der Waals surface area contributed by atoms with Gasteiger partial charge in [-0.05, 0) is 12.5 Å². The summed E-state index contributed by atoms with van der Waals surface area (Å²) in [5.74, 6) is 0. The number of hydrogen-bond acceptors (Lipinski definition) is 4. The molecule has 0 fully saturated rings. The monoisotopic (exact) mass is 243 g/mol. The highest BCUT2D eigenvalue weighted by molar-refractivity contribution is 4.84. The molecular formula is C8H10FN5O3. The molecule has 0 aromatic carbocycles. The Hall–Kier alpha value is -2.28. The van der Waals surface area contributed by atoms with Gasteiger partial charge in [0.15, 0.2) is 6.23 Å². The highest BCUT2D eigenvalue weighted by Crippen LogP contribution is 2.15. The van der Waals surface area contributed by atoms with Crippen LogP contribution >= 0.6 is 0 Å². The number of alkyl halides is 1. The SMILES string of the molecule is CC(F)C[C@@H](ON=[N+]=[N-])n1ccc(=O)[nH]c1=O. The molecule has 0 aliphatic rings. The second-order valence-electron chi connectivity index (χ2n) is 3.27. The molecule has 1 aromatic rings. The normalized spacial score (nSPS) is 13.5.